The van der Waals surface area contributed by atoms with Gasteiger partial charge in [-0.3, -0.25) is 9.79 Å². The standard InChI is InChI=1S/C6H9N3O/c7-6(10)2-1-5-3-8-4-9-5/h4H,1-3H2,(H2,7,10). The molecule has 1 amide bonds. The maximum Gasteiger partial charge on any atom is 0.217 e. The van der Waals surface area contributed by atoms with E-state index >= 15 is 0 Å². The lowest BCUT2D eigenvalue weighted by atomic mass is 10.2. The third-order valence-corrected chi connectivity index (χ3v) is 1.26. The summed E-state index contributed by atoms with van der Waals surface area (Å²) in [5.41, 5.74) is 5.88. The average molecular weight is 139 g/mol. The average Bonchev–Trinajstić information content (AvgIpc) is 2.34. The lowest BCUT2D eigenvalue weighted by molar-refractivity contribution is -0.117. The van der Waals surface area contributed by atoms with Gasteiger partial charge >= 0.3 is 0 Å². The van der Waals surface area contributed by atoms with Crippen LogP contribution in [-0.2, 0) is 4.79 Å². The first-order valence-corrected chi connectivity index (χ1v) is 3.11. The first-order valence-electron chi connectivity index (χ1n) is 3.11. The van der Waals surface area contributed by atoms with E-state index in [0.29, 0.717) is 19.4 Å². The Labute approximate surface area is 58.9 Å². The topological polar surface area (TPSA) is 67.8 Å². The first kappa shape index (κ1) is 6.92. The Morgan fingerprint density at radius 2 is 2.60 bits per heavy atom. The molecule has 4 heteroatoms. The SMILES string of the molecule is NC(=O)CCC1=NC=NC1. The predicted octanol–water partition coefficient (Wildman–Crippen LogP) is -0.265. The van der Waals surface area contributed by atoms with Crippen LogP contribution >= 0.6 is 0 Å². The van der Waals surface area contributed by atoms with Gasteiger partial charge in [-0.2, -0.15) is 0 Å². The highest BCUT2D eigenvalue weighted by Crippen LogP contribution is 1.96. The number of aliphatic imine (C=N–C) groups is 2. The minimum absolute atomic E-state index is 0.283. The molecule has 0 aromatic heterocycles. The van der Waals surface area contributed by atoms with Crippen molar-refractivity contribution in [1.82, 2.24) is 0 Å². The molecule has 2 N–H and O–H groups in total. The van der Waals surface area contributed by atoms with E-state index in [1.807, 2.05) is 0 Å². The number of rotatable bonds is 3. The van der Waals surface area contributed by atoms with Gasteiger partial charge in [0.2, 0.25) is 5.91 Å². The van der Waals surface area contributed by atoms with E-state index in [9.17, 15) is 4.79 Å². The highest BCUT2D eigenvalue weighted by molar-refractivity contribution is 5.97. The van der Waals surface area contributed by atoms with Crippen LogP contribution in [-0.4, -0.2) is 24.5 Å². The fourth-order valence-corrected chi connectivity index (χ4v) is 0.721. The molecule has 4 nitrogen and oxygen atoms in total. The first-order chi connectivity index (χ1) is 4.79. The van der Waals surface area contributed by atoms with Gasteiger partial charge in [0.25, 0.3) is 0 Å². The Kier molecular flexibility index (Phi) is 2.15. The molecule has 0 aromatic rings. The molecule has 1 rings (SSSR count). The van der Waals surface area contributed by atoms with Crippen LogP contribution in [0.4, 0.5) is 0 Å². The molecule has 1 aliphatic heterocycles. The zero-order chi connectivity index (χ0) is 7.40. The van der Waals surface area contributed by atoms with Gasteiger partial charge < -0.3 is 5.73 Å². The summed E-state index contributed by atoms with van der Waals surface area (Å²) in [6.07, 6.45) is 2.54. The summed E-state index contributed by atoms with van der Waals surface area (Å²) < 4.78 is 0. The second-order valence-electron chi connectivity index (χ2n) is 2.12. The number of nitrogens with two attached hydrogens (primary N) is 1. The minimum atomic E-state index is -0.283. The fraction of sp³-hybridized carbons (Fsp3) is 0.500. The third kappa shape index (κ3) is 1.97. The Morgan fingerprint density at radius 3 is 3.10 bits per heavy atom. The Morgan fingerprint density at radius 1 is 1.80 bits per heavy atom. The van der Waals surface area contributed by atoms with Gasteiger partial charge in [0.05, 0.1) is 6.54 Å². The molecule has 0 unspecified atom stereocenters. The largest absolute Gasteiger partial charge is 0.370 e. The van der Waals surface area contributed by atoms with Gasteiger partial charge in [-0.15, -0.1) is 0 Å². The van der Waals surface area contributed by atoms with Gasteiger partial charge in [-0.05, 0) is 6.42 Å². The van der Waals surface area contributed by atoms with Crippen molar-refractivity contribution in [2.45, 2.75) is 12.8 Å². The number of amides is 1. The van der Waals surface area contributed by atoms with Crippen LogP contribution in [0.5, 0.6) is 0 Å². The van der Waals surface area contributed by atoms with Crippen molar-refractivity contribution in [3.8, 4) is 0 Å². The molecule has 0 bridgehead atoms. The summed E-state index contributed by atoms with van der Waals surface area (Å²) in [5.74, 6) is -0.283. The van der Waals surface area contributed by atoms with Crippen LogP contribution in [0.25, 0.3) is 0 Å². The molecular weight excluding hydrogens is 130 g/mol. The van der Waals surface area contributed by atoms with Crippen LogP contribution in [0.2, 0.25) is 0 Å². The van der Waals surface area contributed by atoms with E-state index in [4.69, 9.17) is 5.73 Å². The minimum Gasteiger partial charge on any atom is -0.370 e. The molecule has 0 atom stereocenters. The monoisotopic (exact) mass is 139 g/mol. The smallest absolute Gasteiger partial charge is 0.217 e. The quantitative estimate of drug-likeness (QED) is 0.574. The summed E-state index contributed by atoms with van der Waals surface area (Å²) >= 11 is 0. The normalized spacial score (nSPS) is 15.4. The predicted molar refractivity (Wildman–Crippen MR) is 39.2 cm³/mol. The number of hydrogen-bond donors (Lipinski definition) is 1. The van der Waals surface area contributed by atoms with E-state index in [1.165, 1.54) is 6.34 Å². The number of nitrogens with zero attached hydrogens (tertiary/aromatic N) is 2. The number of carbonyl (C=O) groups is 1. The molecule has 0 saturated carbocycles. The Hall–Kier alpha value is -1.19. The van der Waals surface area contributed by atoms with Crippen LogP contribution < -0.4 is 5.73 Å². The van der Waals surface area contributed by atoms with Gasteiger partial charge in [-0.1, -0.05) is 0 Å². The molecule has 54 valence electrons. The van der Waals surface area contributed by atoms with E-state index in [2.05, 4.69) is 9.98 Å². The van der Waals surface area contributed by atoms with Gasteiger partial charge in [-0.25, -0.2) is 4.99 Å². The van der Waals surface area contributed by atoms with Crippen molar-refractivity contribution in [2.75, 3.05) is 6.54 Å². The molecule has 0 fully saturated rings. The Bertz CT molecular complexity index is 195. The molecule has 0 aromatic carbocycles. The molecular formula is C6H9N3O. The number of carbonyl (C=O) groups excluding carboxylic acids is 1. The van der Waals surface area contributed by atoms with Crippen molar-refractivity contribution in [3.63, 3.8) is 0 Å². The lowest BCUT2D eigenvalue weighted by Gasteiger charge is -1.93. The summed E-state index contributed by atoms with van der Waals surface area (Å²) in [6.45, 7) is 0.632. The Balaban J connectivity index is 2.21. The van der Waals surface area contributed by atoms with E-state index in [1.54, 1.807) is 0 Å². The van der Waals surface area contributed by atoms with Crippen molar-refractivity contribution in [2.24, 2.45) is 15.7 Å². The van der Waals surface area contributed by atoms with Crippen molar-refractivity contribution in [1.29, 1.82) is 0 Å². The third-order valence-electron chi connectivity index (χ3n) is 1.26. The van der Waals surface area contributed by atoms with Gasteiger partial charge in [0.15, 0.2) is 0 Å². The van der Waals surface area contributed by atoms with Crippen LogP contribution in [0, 0.1) is 0 Å². The van der Waals surface area contributed by atoms with Crippen LogP contribution in [0.15, 0.2) is 9.98 Å². The van der Waals surface area contributed by atoms with Crippen molar-refractivity contribution < 1.29 is 4.79 Å². The number of hydrogen-bond acceptors (Lipinski definition) is 3. The zero-order valence-corrected chi connectivity index (χ0v) is 5.58. The molecule has 1 aliphatic rings. The van der Waals surface area contributed by atoms with Gasteiger partial charge in [0, 0.05) is 12.1 Å². The van der Waals surface area contributed by atoms with E-state index in [0.717, 1.165) is 5.71 Å². The van der Waals surface area contributed by atoms with Gasteiger partial charge in [0.1, 0.15) is 6.34 Å². The number of primary amides is 1. The van der Waals surface area contributed by atoms with Crippen LogP contribution in [0.3, 0.4) is 0 Å². The lowest BCUT2D eigenvalue weighted by Crippen LogP contribution is -2.12. The summed E-state index contributed by atoms with van der Waals surface area (Å²) in [6, 6.07) is 0. The van der Waals surface area contributed by atoms with E-state index < -0.39 is 0 Å². The summed E-state index contributed by atoms with van der Waals surface area (Å²) in [7, 11) is 0. The second kappa shape index (κ2) is 3.10. The fourth-order valence-electron chi connectivity index (χ4n) is 0.721. The molecule has 10 heavy (non-hydrogen) atoms. The molecule has 1 heterocycles. The van der Waals surface area contributed by atoms with E-state index in [-0.39, 0.29) is 5.91 Å². The highest BCUT2D eigenvalue weighted by atomic mass is 16.1. The molecule has 0 saturated heterocycles. The van der Waals surface area contributed by atoms with Crippen molar-refractivity contribution in [3.05, 3.63) is 0 Å². The zero-order valence-electron chi connectivity index (χ0n) is 5.58. The summed E-state index contributed by atoms with van der Waals surface area (Å²) in [4.78, 5) is 18.1. The maximum atomic E-state index is 10.3. The second-order valence-corrected chi connectivity index (χ2v) is 2.12. The summed E-state index contributed by atoms with van der Waals surface area (Å²) in [5, 5.41) is 0. The van der Waals surface area contributed by atoms with Crippen molar-refractivity contribution >= 4 is 18.0 Å². The van der Waals surface area contributed by atoms with Crippen LogP contribution in [0.1, 0.15) is 12.8 Å². The highest BCUT2D eigenvalue weighted by Gasteiger charge is 2.03. The molecule has 0 radical (unpaired) electrons. The molecule has 0 aliphatic carbocycles. The molecule has 0 spiro atoms. The maximum absolute atomic E-state index is 10.3.